The first kappa shape index (κ1) is 17.8. The standard InChI is InChI=1S/C20H11ClF3NOS/c21-17-16-14(20(22,23)24)6-3-7-15(16)27-18(17)19(26)25-13-9-8-11-4-1-2-5-12(11)10-13/h1-10H,(H,25,26). The van der Waals surface area contributed by atoms with E-state index in [4.69, 9.17) is 11.6 Å². The highest BCUT2D eigenvalue weighted by molar-refractivity contribution is 7.21. The van der Waals surface area contributed by atoms with Crippen LogP contribution in [0.3, 0.4) is 0 Å². The van der Waals surface area contributed by atoms with E-state index in [1.807, 2.05) is 30.3 Å². The minimum atomic E-state index is -4.55. The number of thiophene rings is 1. The summed E-state index contributed by atoms with van der Waals surface area (Å²) in [7, 11) is 0. The van der Waals surface area contributed by atoms with Gasteiger partial charge in [0.25, 0.3) is 5.91 Å². The fourth-order valence-corrected chi connectivity index (χ4v) is 4.43. The normalized spacial score (nSPS) is 11.9. The number of hydrogen-bond donors (Lipinski definition) is 1. The third kappa shape index (κ3) is 3.26. The van der Waals surface area contributed by atoms with Crippen molar-refractivity contribution >= 4 is 55.4 Å². The number of alkyl halides is 3. The molecule has 2 nitrogen and oxygen atoms in total. The lowest BCUT2D eigenvalue weighted by atomic mass is 10.1. The topological polar surface area (TPSA) is 29.1 Å². The van der Waals surface area contributed by atoms with E-state index >= 15 is 0 Å². The molecule has 0 fully saturated rings. The molecule has 0 saturated heterocycles. The van der Waals surface area contributed by atoms with Gasteiger partial charge in [-0.05, 0) is 35.0 Å². The van der Waals surface area contributed by atoms with Gasteiger partial charge in [-0.1, -0.05) is 48.0 Å². The Kier molecular flexibility index (Phi) is 4.32. The number of nitrogens with one attached hydrogen (secondary N) is 1. The van der Waals surface area contributed by atoms with Crippen molar-refractivity contribution in [3.63, 3.8) is 0 Å². The maximum atomic E-state index is 13.2. The predicted octanol–water partition coefficient (Wildman–Crippen LogP) is 6.98. The zero-order chi connectivity index (χ0) is 19.2. The summed E-state index contributed by atoms with van der Waals surface area (Å²) in [6.07, 6.45) is -4.55. The summed E-state index contributed by atoms with van der Waals surface area (Å²) < 4.78 is 40.1. The Morgan fingerprint density at radius 3 is 2.44 bits per heavy atom. The second-order valence-electron chi connectivity index (χ2n) is 5.94. The highest BCUT2D eigenvalue weighted by Crippen LogP contribution is 2.43. The van der Waals surface area contributed by atoms with Crippen molar-refractivity contribution in [2.24, 2.45) is 0 Å². The molecule has 7 heteroatoms. The molecule has 1 heterocycles. The summed E-state index contributed by atoms with van der Waals surface area (Å²) in [5.74, 6) is -0.537. The molecule has 0 radical (unpaired) electrons. The van der Waals surface area contributed by atoms with Crippen LogP contribution in [0.1, 0.15) is 15.2 Å². The van der Waals surface area contributed by atoms with Crippen molar-refractivity contribution in [1.82, 2.24) is 0 Å². The molecule has 1 amide bonds. The maximum Gasteiger partial charge on any atom is 0.417 e. The van der Waals surface area contributed by atoms with Gasteiger partial charge in [-0.15, -0.1) is 11.3 Å². The lowest BCUT2D eigenvalue weighted by molar-refractivity contribution is -0.136. The Morgan fingerprint density at radius 2 is 1.70 bits per heavy atom. The molecule has 0 bridgehead atoms. The number of halogens is 4. The van der Waals surface area contributed by atoms with Crippen molar-refractivity contribution < 1.29 is 18.0 Å². The van der Waals surface area contributed by atoms with E-state index < -0.39 is 17.6 Å². The Labute approximate surface area is 161 Å². The number of benzene rings is 3. The number of fused-ring (bicyclic) bond motifs is 2. The first-order valence-electron chi connectivity index (χ1n) is 7.93. The van der Waals surface area contributed by atoms with Gasteiger partial charge in [0.05, 0.1) is 10.6 Å². The van der Waals surface area contributed by atoms with Gasteiger partial charge in [-0.25, -0.2) is 0 Å². The molecule has 4 rings (SSSR count). The average Bonchev–Trinajstić information content (AvgIpc) is 2.98. The minimum absolute atomic E-state index is 0.0523. The van der Waals surface area contributed by atoms with Crippen LogP contribution in [0.2, 0.25) is 5.02 Å². The van der Waals surface area contributed by atoms with Crippen molar-refractivity contribution in [2.45, 2.75) is 6.18 Å². The van der Waals surface area contributed by atoms with Gasteiger partial charge >= 0.3 is 6.18 Å². The molecule has 1 N–H and O–H groups in total. The number of hydrogen-bond acceptors (Lipinski definition) is 2. The number of anilines is 1. The molecule has 4 aromatic rings. The highest BCUT2D eigenvalue weighted by atomic mass is 35.5. The van der Waals surface area contributed by atoms with E-state index in [1.165, 1.54) is 12.1 Å². The highest BCUT2D eigenvalue weighted by Gasteiger charge is 2.34. The van der Waals surface area contributed by atoms with Crippen LogP contribution in [0, 0.1) is 0 Å². The Morgan fingerprint density at radius 1 is 0.963 bits per heavy atom. The smallest absolute Gasteiger partial charge is 0.321 e. The van der Waals surface area contributed by atoms with E-state index in [1.54, 1.807) is 12.1 Å². The lowest BCUT2D eigenvalue weighted by Gasteiger charge is -2.08. The second-order valence-corrected chi connectivity index (χ2v) is 7.37. The summed E-state index contributed by atoms with van der Waals surface area (Å²) >= 11 is 7.12. The van der Waals surface area contributed by atoms with E-state index in [0.29, 0.717) is 10.4 Å². The lowest BCUT2D eigenvalue weighted by Crippen LogP contribution is -2.10. The molecule has 27 heavy (non-hydrogen) atoms. The molecule has 0 saturated carbocycles. The molecule has 0 spiro atoms. The summed E-state index contributed by atoms with van der Waals surface area (Å²) in [6.45, 7) is 0. The van der Waals surface area contributed by atoms with Gasteiger partial charge in [0.15, 0.2) is 0 Å². The van der Waals surface area contributed by atoms with Crippen LogP contribution in [0.25, 0.3) is 20.9 Å². The van der Waals surface area contributed by atoms with Crippen LogP contribution in [-0.2, 0) is 6.18 Å². The molecular weight excluding hydrogens is 395 g/mol. The van der Waals surface area contributed by atoms with Gasteiger partial charge in [-0.2, -0.15) is 13.2 Å². The molecule has 136 valence electrons. The van der Waals surface area contributed by atoms with E-state index in [2.05, 4.69) is 5.32 Å². The molecule has 0 unspecified atom stereocenters. The second kappa shape index (κ2) is 6.55. The average molecular weight is 406 g/mol. The molecule has 0 aliphatic carbocycles. The third-order valence-corrected chi connectivity index (χ3v) is 5.82. The predicted molar refractivity (Wildman–Crippen MR) is 104 cm³/mol. The third-order valence-electron chi connectivity index (χ3n) is 4.18. The van der Waals surface area contributed by atoms with Crippen LogP contribution < -0.4 is 5.32 Å². The SMILES string of the molecule is O=C(Nc1ccc2ccccc2c1)c1sc2cccc(C(F)(F)F)c2c1Cl. The van der Waals surface area contributed by atoms with E-state index in [9.17, 15) is 18.0 Å². The first-order chi connectivity index (χ1) is 12.8. The van der Waals surface area contributed by atoms with Gasteiger partial charge in [0, 0.05) is 15.8 Å². The van der Waals surface area contributed by atoms with Gasteiger partial charge < -0.3 is 5.32 Å². The zero-order valence-corrected chi connectivity index (χ0v) is 15.2. The molecule has 3 aromatic carbocycles. The van der Waals surface area contributed by atoms with Crippen LogP contribution in [0.15, 0.2) is 60.7 Å². The Bertz CT molecular complexity index is 1180. The largest absolute Gasteiger partial charge is 0.417 e. The van der Waals surface area contributed by atoms with Gasteiger partial charge in [0.1, 0.15) is 4.88 Å². The number of carbonyl (C=O) groups excluding carboxylic acids is 1. The summed E-state index contributed by atoms with van der Waals surface area (Å²) in [5.41, 5.74) is -0.297. The molecule has 0 aliphatic heterocycles. The Hall–Kier alpha value is -2.57. The fourth-order valence-electron chi connectivity index (χ4n) is 2.95. The van der Waals surface area contributed by atoms with Crippen LogP contribution in [0.4, 0.5) is 18.9 Å². The molecule has 1 aromatic heterocycles. The van der Waals surface area contributed by atoms with Crippen LogP contribution in [-0.4, -0.2) is 5.91 Å². The van der Waals surface area contributed by atoms with Gasteiger partial charge in [-0.3, -0.25) is 4.79 Å². The van der Waals surface area contributed by atoms with Crippen LogP contribution >= 0.6 is 22.9 Å². The molecular formula is C20H11ClF3NOS. The molecule has 0 aliphatic rings. The van der Waals surface area contributed by atoms with Crippen molar-refractivity contribution in [1.29, 1.82) is 0 Å². The summed E-state index contributed by atoms with van der Waals surface area (Å²) in [6, 6.07) is 16.8. The van der Waals surface area contributed by atoms with E-state index in [0.717, 1.165) is 28.2 Å². The monoisotopic (exact) mass is 405 g/mol. The number of amides is 1. The summed E-state index contributed by atoms with van der Waals surface area (Å²) in [4.78, 5) is 12.7. The van der Waals surface area contributed by atoms with E-state index in [-0.39, 0.29) is 15.3 Å². The van der Waals surface area contributed by atoms with Crippen molar-refractivity contribution in [3.8, 4) is 0 Å². The first-order valence-corrected chi connectivity index (χ1v) is 9.12. The summed E-state index contributed by atoms with van der Waals surface area (Å²) in [5, 5.41) is 4.36. The molecule has 0 atom stereocenters. The van der Waals surface area contributed by atoms with Crippen LogP contribution in [0.5, 0.6) is 0 Å². The zero-order valence-electron chi connectivity index (χ0n) is 13.6. The van der Waals surface area contributed by atoms with Crippen molar-refractivity contribution in [3.05, 3.63) is 76.1 Å². The Balaban J connectivity index is 1.73. The number of rotatable bonds is 2. The maximum absolute atomic E-state index is 13.2. The fraction of sp³-hybridized carbons (Fsp3) is 0.0500. The minimum Gasteiger partial charge on any atom is -0.321 e. The number of carbonyl (C=O) groups is 1. The quantitative estimate of drug-likeness (QED) is 0.383. The van der Waals surface area contributed by atoms with Gasteiger partial charge in [0.2, 0.25) is 0 Å². The van der Waals surface area contributed by atoms with Crippen molar-refractivity contribution in [2.75, 3.05) is 5.32 Å².